The van der Waals surface area contributed by atoms with Gasteiger partial charge in [0.15, 0.2) is 0 Å². The van der Waals surface area contributed by atoms with Crippen LogP contribution in [0.25, 0.3) is 0 Å². The number of halogens is 1. The zero-order valence-electron chi connectivity index (χ0n) is 22.7. The highest BCUT2D eigenvalue weighted by atomic mass is 35.5. The molecule has 0 saturated heterocycles. The van der Waals surface area contributed by atoms with E-state index < -0.39 is 16.1 Å². The Bertz CT molecular complexity index is 1180. The molecule has 0 bridgehead atoms. The summed E-state index contributed by atoms with van der Waals surface area (Å²) < 4.78 is 26.5. The number of aryl methyl sites for hydroxylation is 1. The van der Waals surface area contributed by atoms with E-state index in [-0.39, 0.29) is 30.8 Å². The minimum atomic E-state index is -3.58. The second-order valence-corrected chi connectivity index (χ2v) is 12.4. The number of amides is 2. The zero-order valence-corrected chi connectivity index (χ0v) is 24.2. The number of benzene rings is 2. The predicted molar refractivity (Wildman–Crippen MR) is 154 cm³/mol. The molecule has 1 N–H and O–H groups in total. The zero-order chi connectivity index (χ0) is 27.7. The van der Waals surface area contributed by atoms with E-state index in [1.165, 1.54) is 4.31 Å². The summed E-state index contributed by atoms with van der Waals surface area (Å²) in [6.07, 6.45) is 6.93. The van der Waals surface area contributed by atoms with Crippen LogP contribution in [0, 0.1) is 6.92 Å². The third-order valence-electron chi connectivity index (χ3n) is 7.16. The summed E-state index contributed by atoms with van der Waals surface area (Å²) in [7, 11) is -3.58. The van der Waals surface area contributed by atoms with Gasteiger partial charge in [-0.15, -0.1) is 0 Å². The van der Waals surface area contributed by atoms with Crippen LogP contribution in [0.5, 0.6) is 0 Å². The van der Waals surface area contributed by atoms with Crippen LogP contribution < -0.4 is 9.62 Å². The minimum absolute atomic E-state index is 0.104. The number of anilines is 1. The van der Waals surface area contributed by atoms with Crippen LogP contribution in [0.15, 0.2) is 48.5 Å². The molecule has 0 spiro atoms. The van der Waals surface area contributed by atoms with E-state index in [9.17, 15) is 18.0 Å². The molecule has 208 valence electrons. The largest absolute Gasteiger partial charge is 0.352 e. The summed E-state index contributed by atoms with van der Waals surface area (Å²) in [5.41, 5.74) is 2.39. The average Bonchev–Trinajstić information content (AvgIpc) is 3.38. The van der Waals surface area contributed by atoms with Crippen molar-refractivity contribution in [3.8, 4) is 0 Å². The number of rotatable bonds is 13. The van der Waals surface area contributed by atoms with Crippen molar-refractivity contribution in [2.45, 2.75) is 77.3 Å². The first-order valence-electron chi connectivity index (χ1n) is 13.5. The molecule has 0 radical (unpaired) electrons. The predicted octanol–water partition coefficient (Wildman–Crippen LogP) is 5.10. The van der Waals surface area contributed by atoms with Gasteiger partial charge < -0.3 is 10.2 Å². The van der Waals surface area contributed by atoms with Gasteiger partial charge in [0.2, 0.25) is 21.8 Å². The Morgan fingerprint density at radius 1 is 1.08 bits per heavy atom. The van der Waals surface area contributed by atoms with Crippen LogP contribution in [0.2, 0.25) is 5.02 Å². The molecule has 2 amide bonds. The van der Waals surface area contributed by atoms with Crippen molar-refractivity contribution in [1.29, 1.82) is 0 Å². The molecule has 7 nitrogen and oxygen atoms in total. The summed E-state index contributed by atoms with van der Waals surface area (Å²) in [5, 5.41) is 3.60. The van der Waals surface area contributed by atoms with Crippen LogP contribution in [-0.2, 0) is 26.0 Å². The number of hydrogen-bond acceptors (Lipinski definition) is 4. The molecule has 1 aliphatic carbocycles. The van der Waals surface area contributed by atoms with Gasteiger partial charge in [0.25, 0.3) is 0 Å². The lowest BCUT2D eigenvalue weighted by Crippen LogP contribution is -2.52. The Hall–Kier alpha value is -2.58. The molecule has 1 atom stereocenters. The fraction of sp³-hybridized carbons (Fsp3) is 0.517. The van der Waals surface area contributed by atoms with Crippen LogP contribution in [0.1, 0.15) is 63.0 Å². The number of nitrogens with zero attached hydrogens (tertiary/aromatic N) is 2. The smallest absolute Gasteiger partial charge is 0.243 e. The summed E-state index contributed by atoms with van der Waals surface area (Å²) in [6, 6.07) is 14.6. The molecule has 38 heavy (non-hydrogen) atoms. The second kappa shape index (κ2) is 14.0. The van der Waals surface area contributed by atoms with Crippen LogP contribution >= 0.6 is 11.6 Å². The third kappa shape index (κ3) is 8.46. The molecule has 1 saturated carbocycles. The van der Waals surface area contributed by atoms with Crippen molar-refractivity contribution in [1.82, 2.24) is 10.2 Å². The maximum absolute atomic E-state index is 13.6. The van der Waals surface area contributed by atoms with E-state index in [0.29, 0.717) is 36.5 Å². The van der Waals surface area contributed by atoms with Crippen molar-refractivity contribution in [2.24, 2.45) is 0 Å². The third-order valence-corrected chi connectivity index (χ3v) is 8.58. The lowest BCUT2D eigenvalue weighted by Gasteiger charge is -2.32. The van der Waals surface area contributed by atoms with Crippen LogP contribution in [0.3, 0.4) is 0 Å². The molecule has 1 fully saturated rings. The van der Waals surface area contributed by atoms with Gasteiger partial charge in [0.1, 0.15) is 6.04 Å². The van der Waals surface area contributed by atoms with Gasteiger partial charge >= 0.3 is 0 Å². The van der Waals surface area contributed by atoms with Crippen molar-refractivity contribution in [3.05, 3.63) is 64.7 Å². The molecule has 0 aliphatic heterocycles. The van der Waals surface area contributed by atoms with Crippen molar-refractivity contribution in [2.75, 3.05) is 23.7 Å². The van der Waals surface area contributed by atoms with E-state index in [2.05, 4.69) is 5.32 Å². The normalized spacial score (nSPS) is 14.7. The Kier molecular flexibility index (Phi) is 11.0. The van der Waals surface area contributed by atoms with Gasteiger partial charge in [-0.3, -0.25) is 13.9 Å². The lowest BCUT2D eigenvalue weighted by molar-refractivity contribution is -0.141. The number of hydrogen-bond donors (Lipinski definition) is 1. The first kappa shape index (κ1) is 30.0. The number of carbonyl (C=O) groups is 2. The fourth-order valence-electron chi connectivity index (χ4n) is 5.10. The Labute approximate surface area is 232 Å². The maximum Gasteiger partial charge on any atom is 0.243 e. The first-order valence-corrected chi connectivity index (χ1v) is 15.7. The molecule has 0 heterocycles. The van der Waals surface area contributed by atoms with Crippen LogP contribution in [-0.4, -0.2) is 56.6 Å². The Morgan fingerprint density at radius 2 is 1.76 bits per heavy atom. The molecule has 3 rings (SSSR count). The van der Waals surface area contributed by atoms with Crippen molar-refractivity contribution in [3.63, 3.8) is 0 Å². The van der Waals surface area contributed by atoms with Gasteiger partial charge in [-0.2, -0.15) is 0 Å². The Balaban J connectivity index is 1.73. The number of carbonyl (C=O) groups excluding carboxylic acids is 2. The Morgan fingerprint density at radius 3 is 2.39 bits per heavy atom. The average molecular weight is 562 g/mol. The number of sulfonamides is 1. The molecule has 2 aromatic rings. The van der Waals surface area contributed by atoms with E-state index in [4.69, 9.17) is 11.6 Å². The molecule has 0 aromatic heterocycles. The molecule has 1 unspecified atom stereocenters. The van der Waals surface area contributed by atoms with E-state index >= 15 is 0 Å². The quantitative estimate of drug-likeness (QED) is 0.368. The molecular weight excluding hydrogens is 522 g/mol. The van der Waals surface area contributed by atoms with E-state index in [0.717, 1.165) is 43.1 Å². The van der Waals surface area contributed by atoms with Crippen molar-refractivity contribution >= 4 is 39.1 Å². The van der Waals surface area contributed by atoms with E-state index in [1.54, 1.807) is 23.1 Å². The standard InChI is InChI=1S/C29H40ClN3O4S/c1-4-26(29(35)31-25-13-8-9-14-25)32(20-18-23-11-6-5-7-12-23)28(34)15-10-19-33(38(3,36)37)27-21-24(30)17-16-22(27)2/h5-7,11-12,16-17,21,25-26H,4,8-10,13-15,18-20H2,1-3H3,(H,31,35). The highest BCUT2D eigenvalue weighted by Crippen LogP contribution is 2.27. The molecule has 9 heteroatoms. The molecule has 2 aromatic carbocycles. The van der Waals surface area contributed by atoms with Crippen molar-refractivity contribution < 1.29 is 18.0 Å². The topological polar surface area (TPSA) is 86.8 Å². The molecular formula is C29H40ClN3O4S. The summed E-state index contributed by atoms with van der Waals surface area (Å²) in [5.74, 6) is -0.251. The number of nitrogens with one attached hydrogen (secondary N) is 1. The SMILES string of the molecule is CCC(C(=O)NC1CCCC1)N(CCc1ccccc1)C(=O)CCCN(c1cc(Cl)ccc1C)S(C)(=O)=O. The van der Waals surface area contributed by atoms with Gasteiger partial charge in [0.05, 0.1) is 11.9 Å². The highest BCUT2D eigenvalue weighted by molar-refractivity contribution is 7.92. The first-order chi connectivity index (χ1) is 18.1. The van der Waals surface area contributed by atoms with Crippen LogP contribution in [0.4, 0.5) is 5.69 Å². The monoisotopic (exact) mass is 561 g/mol. The summed E-state index contributed by atoms with van der Waals surface area (Å²) in [4.78, 5) is 28.5. The van der Waals surface area contributed by atoms with E-state index in [1.807, 2.05) is 44.2 Å². The lowest BCUT2D eigenvalue weighted by atomic mass is 10.1. The minimum Gasteiger partial charge on any atom is -0.352 e. The molecule has 1 aliphatic rings. The van der Waals surface area contributed by atoms with Gasteiger partial charge in [-0.1, -0.05) is 67.8 Å². The summed E-state index contributed by atoms with van der Waals surface area (Å²) >= 11 is 6.14. The fourth-order valence-corrected chi connectivity index (χ4v) is 6.28. The van der Waals surface area contributed by atoms with Gasteiger partial charge in [-0.25, -0.2) is 8.42 Å². The summed E-state index contributed by atoms with van der Waals surface area (Å²) in [6.45, 7) is 4.32. The highest BCUT2D eigenvalue weighted by Gasteiger charge is 2.30. The second-order valence-electron chi connectivity index (χ2n) is 10.1. The van der Waals surface area contributed by atoms with Gasteiger partial charge in [0, 0.05) is 30.6 Å². The van der Waals surface area contributed by atoms with Gasteiger partial charge in [-0.05, 0) is 62.3 Å². The maximum atomic E-state index is 13.6.